The minimum atomic E-state index is -3.01. The summed E-state index contributed by atoms with van der Waals surface area (Å²) in [6.45, 7) is 1.35. The van der Waals surface area contributed by atoms with E-state index in [0.717, 1.165) is 28.4 Å². The number of nitrogens with zero attached hydrogens (tertiary/aromatic N) is 2. The number of sulfone groups is 1. The average Bonchev–Trinajstić information content (AvgIpc) is 3.53. The van der Waals surface area contributed by atoms with Gasteiger partial charge in [-0.25, -0.2) is 8.42 Å². The average molecular weight is 477 g/mol. The molecule has 0 N–H and O–H groups in total. The van der Waals surface area contributed by atoms with Crippen LogP contribution in [0.3, 0.4) is 0 Å². The maximum Gasteiger partial charge on any atom is 0.245 e. The van der Waals surface area contributed by atoms with Crippen molar-refractivity contribution in [2.45, 2.75) is 31.5 Å². The van der Waals surface area contributed by atoms with Gasteiger partial charge < -0.3 is 4.90 Å². The van der Waals surface area contributed by atoms with Gasteiger partial charge in [-0.2, -0.15) is 0 Å². The maximum absolute atomic E-state index is 13.8. The highest BCUT2D eigenvalue weighted by atomic mass is 79.9. The molecule has 1 amide bonds. The molecular weight excluding hydrogens is 452 g/mol. The summed E-state index contributed by atoms with van der Waals surface area (Å²) < 4.78 is 24.8. The van der Waals surface area contributed by atoms with Gasteiger partial charge in [-0.05, 0) is 36.1 Å². The highest BCUT2D eigenvalue weighted by molar-refractivity contribution is 9.10. The fraction of sp³-hybridized carbons (Fsp3) is 0.409. The molecule has 0 bridgehead atoms. The number of carbonyl (C=O) groups excluding carboxylic acids is 1. The molecule has 7 heteroatoms. The van der Waals surface area contributed by atoms with Crippen LogP contribution in [0.2, 0.25) is 0 Å². The van der Waals surface area contributed by atoms with E-state index in [4.69, 9.17) is 0 Å². The van der Waals surface area contributed by atoms with Crippen LogP contribution in [0.1, 0.15) is 30.0 Å². The third kappa shape index (κ3) is 5.08. The maximum atomic E-state index is 13.8. The van der Waals surface area contributed by atoms with Gasteiger partial charge in [0.1, 0.15) is 6.04 Å². The molecule has 1 saturated carbocycles. The second-order valence-electron chi connectivity index (χ2n) is 7.83. The predicted octanol–water partition coefficient (Wildman–Crippen LogP) is 3.41. The van der Waals surface area contributed by atoms with Crippen LogP contribution in [-0.4, -0.2) is 54.8 Å². The smallest absolute Gasteiger partial charge is 0.245 e. The Hall–Kier alpha value is -1.70. The lowest BCUT2D eigenvalue weighted by atomic mass is 10.0. The summed E-state index contributed by atoms with van der Waals surface area (Å²) in [5, 5.41) is 0. The Morgan fingerprint density at radius 2 is 1.76 bits per heavy atom. The summed E-state index contributed by atoms with van der Waals surface area (Å²) in [6.07, 6.45) is 2.05. The molecular formula is C22H25BrN2O3S. The molecule has 0 aromatic heterocycles. The molecule has 2 aliphatic rings. The summed E-state index contributed by atoms with van der Waals surface area (Å²) >= 11 is 3.51. The van der Waals surface area contributed by atoms with Crippen LogP contribution >= 0.6 is 15.9 Å². The van der Waals surface area contributed by atoms with Gasteiger partial charge in [0.05, 0.1) is 11.5 Å². The molecule has 29 heavy (non-hydrogen) atoms. The molecule has 2 aromatic carbocycles. The second-order valence-corrected chi connectivity index (χ2v) is 11.0. The minimum absolute atomic E-state index is 0.0676. The highest BCUT2D eigenvalue weighted by Crippen LogP contribution is 2.34. The molecule has 1 aliphatic carbocycles. The van der Waals surface area contributed by atoms with Gasteiger partial charge in [0.2, 0.25) is 5.91 Å². The van der Waals surface area contributed by atoms with Crippen LogP contribution in [0.15, 0.2) is 59.1 Å². The molecule has 154 valence electrons. The molecule has 5 nitrogen and oxygen atoms in total. The predicted molar refractivity (Wildman–Crippen MR) is 117 cm³/mol. The van der Waals surface area contributed by atoms with E-state index in [2.05, 4.69) is 15.9 Å². The van der Waals surface area contributed by atoms with Gasteiger partial charge in [-0.1, -0.05) is 58.4 Å². The second kappa shape index (κ2) is 8.58. The number of halogens is 1. The van der Waals surface area contributed by atoms with Crippen molar-refractivity contribution >= 4 is 31.7 Å². The molecule has 2 fully saturated rings. The zero-order valence-electron chi connectivity index (χ0n) is 16.2. The van der Waals surface area contributed by atoms with Crippen molar-refractivity contribution < 1.29 is 13.2 Å². The molecule has 4 rings (SSSR count). The van der Waals surface area contributed by atoms with Crippen molar-refractivity contribution in [2.24, 2.45) is 0 Å². The highest BCUT2D eigenvalue weighted by Gasteiger charge is 2.40. The lowest BCUT2D eigenvalue weighted by molar-refractivity contribution is -0.138. The first-order chi connectivity index (χ1) is 13.9. The van der Waals surface area contributed by atoms with Crippen LogP contribution in [0.5, 0.6) is 0 Å². The van der Waals surface area contributed by atoms with Crippen LogP contribution in [0, 0.1) is 0 Å². The van der Waals surface area contributed by atoms with E-state index < -0.39 is 15.9 Å². The first-order valence-electron chi connectivity index (χ1n) is 9.97. The standard InChI is InChI=1S/C22H25BrN2O3S/c23-19-8-4-5-17(15-19)16-25(20-9-10-20)22(26)21(18-6-2-1-3-7-18)24-11-13-29(27,28)14-12-24/h1-8,15,20-21H,9-14,16H2. The van der Waals surface area contributed by atoms with Crippen LogP contribution in [0.25, 0.3) is 0 Å². The molecule has 1 unspecified atom stereocenters. The Kier molecular flexibility index (Phi) is 6.08. The number of carbonyl (C=O) groups is 1. The third-order valence-corrected chi connectivity index (χ3v) is 7.71. The number of hydrogen-bond donors (Lipinski definition) is 0. The Balaban J connectivity index is 1.62. The fourth-order valence-electron chi connectivity index (χ4n) is 3.89. The normalized spacial score (nSPS) is 20.2. The van der Waals surface area contributed by atoms with Gasteiger partial charge in [0.25, 0.3) is 0 Å². The summed E-state index contributed by atoms with van der Waals surface area (Å²) in [5.41, 5.74) is 2.02. The van der Waals surface area contributed by atoms with Gasteiger partial charge in [0.15, 0.2) is 9.84 Å². The van der Waals surface area contributed by atoms with E-state index >= 15 is 0 Å². The zero-order valence-corrected chi connectivity index (χ0v) is 18.6. The number of hydrogen-bond acceptors (Lipinski definition) is 4. The number of rotatable bonds is 6. The Morgan fingerprint density at radius 1 is 1.07 bits per heavy atom. The van der Waals surface area contributed by atoms with E-state index in [1.165, 1.54) is 0 Å². The van der Waals surface area contributed by atoms with Gasteiger partial charge in [-0.3, -0.25) is 9.69 Å². The monoisotopic (exact) mass is 476 g/mol. The number of amides is 1. The van der Waals surface area contributed by atoms with Crippen molar-refractivity contribution in [3.63, 3.8) is 0 Å². The molecule has 1 saturated heterocycles. The van der Waals surface area contributed by atoms with Crippen molar-refractivity contribution in [2.75, 3.05) is 24.6 Å². The number of benzene rings is 2. The molecule has 2 aromatic rings. The summed E-state index contributed by atoms with van der Waals surface area (Å²) in [4.78, 5) is 17.8. The van der Waals surface area contributed by atoms with Crippen molar-refractivity contribution in [1.82, 2.24) is 9.80 Å². The van der Waals surface area contributed by atoms with Crippen LogP contribution in [0.4, 0.5) is 0 Å². The SMILES string of the molecule is O=C(C(c1ccccc1)N1CCS(=O)(=O)CC1)N(Cc1cccc(Br)c1)C1CC1. The van der Waals surface area contributed by atoms with Crippen molar-refractivity contribution in [1.29, 1.82) is 0 Å². The lowest BCUT2D eigenvalue weighted by Gasteiger charge is -2.37. The van der Waals surface area contributed by atoms with Crippen molar-refractivity contribution in [3.05, 3.63) is 70.2 Å². The largest absolute Gasteiger partial charge is 0.334 e. The Bertz CT molecular complexity index is 963. The quantitative estimate of drug-likeness (QED) is 0.640. The first-order valence-corrected chi connectivity index (χ1v) is 12.6. The molecule has 1 atom stereocenters. The van der Waals surface area contributed by atoms with E-state index in [0.29, 0.717) is 19.6 Å². The Labute approximate surface area is 180 Å². The van der Waals surface area contributed by atoms with Crippen molar-refractivity contribution in [3.8, 4) is 0 Å². The molecule has 1 aliphatic heterocycles. The van der Waals surface area contributed by atoms with Crippen LogP contribution in [-0.2, 0) is 21.2 Å². The van der Waals surface area contributed by atoms with E-state index in [-0.39, 0.29) is 23.5 Å². The van der Waals surface area contributed by atoms with Crippen LogP contribution < -0.4 is 0 Å². The lowest BCUT2D eigenvalue weighted by Crippen LogP contribution is -2.49. The topological polar surface area (TPSA) is 57.7 Å². The molecule has 0 radical (unpaired) electrons. The summed E-state index contributed by atoms with van der Waals surface area (Å²) in [5.74, 6) is 0.287. The Morgan fingerprint density at radius 3 is 2.38 bits per heavy atom. The van der Waals surface area contributed by atoms with Gasteiger partial charge in [0, 0.05) is 30.1 Å². The fourth-order valence-corrected chi connectivity index (χ4v) is 5.57. The van der Waals surface area contributed by atoms with Gasteiger partial charge >= 0.3 is 0 Å². The molecule has 1 heterocycles. The summed E-state index contributed by atoms with van der Waals surface area (Å²) in [7, 11) is -3.01. The van der Waals surface area contributed by atoms with E-state index in [1.807, 2.05) is 64.4 Å². The summed E-state index contributed by atoms with van der Waals surface area (Å²) in [6, 6.07) is 17.6. The minimum Gasteiger partial charge on any atom is -0.334 e. The van der Waals surface area contributed by atoms with E-state index in [1.54, 1.807) is 0 Å². The first kappa shape index (κ1) is 20.6. The van der Waals surface area contributed by atoms with Gasteiger partial charge in [-0.15, -0.1) is 0 Å². The zero-order chi connectivity index (χ0) is 20.4. The molecule has 0 spiro atoms. The van der Waals surface area contributed by atoms with E-state index in [9.17, 15) is 13.2 Å². The third-order valence-electron chi connectivity index (χ3n) is 5.61.